The molecular formula is C14H12ClN3. The van der Waals surface area contributed by atoms with E-state index in [9.17, 15) is 0 Å². The summed E-state index contributed by atoms with van der Waals surface area (Å²) in [5.74, 6) is 0. The summed E-state index contributed by atoms with van der Waals surface area (Å²) in [7, 11) is 0. The number of hydrogen-bond donors (Lipinski definition) is 0. The van der Waals surface area contributed by atoms with Crippen LogP contribution >= 0.6 is 11.6 Å². The van der Waals surface area contributed by atoms with Gasteiger partial charge in [-0.15, -0.1) is 0 Å². The molecule has 0 bridgehead atoms. The van der Waals surface area contributed by atoms with Crippen LogP contribution in [-0.4, -0.2) is 14.6 Å². The van der Waals surface area contributed by atoms with Crippen LogP contribution in [0, 0.1) is 13.8 Å². The number of aryl methyl sites for hydroxylation is 2. The fourth-order valence-electron chi connectivity index (χ4n) is 2.12. The van der Waals surface area contributed by atoms with Crippen molar-refractivity contribution in [3.63, 3.8) is 0 Å². The van der Waals surface area contributed by atoms with Crippen molar-refractivity contribution < 1.29 is 0 Å². The van der Waals surface area contributed by atoms with Crippen LogP contribution in [0.1, 0.15) is 11.1 Å². The van der Waals surface area contributed by atoms with E-state index in [1.807, 2.05) is 6.07 Å². The molecule has 0 N–H and O–H groups in total. The Bertz CT molecular complexity index is 731. The number of benzene rings is 1. The molecular weight excluding hydrogens is 246 g/mol. The molecule has 0 fully saturated rings. The molecule has 0 aliphatic carbocycles. The molecule has 0 radical (unpaired) electrons. The lowest BCUT2D eigenvalue weighted by atomic mass is 10.0. The van der Waals surface area contributed by atoms with Gasteiger partial charge in [0.25, 0.3) is 0 Å². The van der Waals surface area contributed by atoms with Crippen LogP contribution in [-0.2, 0) is 0 Å². The van der Waals surface area contributed by atoms with Gasteiger partial charge in [-0.3, -0.25) is 0 Å². The summed E-state index contributed by atoms with van der Waals surface area (Å²) in [5, 5.41) is 5.00. The van der Waals surface area contributed by atoms with Gasteiger partial charge in [-0.25, -0.2) is 9.50 Å². The Hall–Kier alpha value is -1.87. The van der Waals surface area contributed by atoms with Crippen LogP contribution in [0.15, 0.2) is 36.7 Å². The van der Waals surface area contributed by atoms with Crippen molar-refractivity contribution in [2.24, 2.45) is 0 Å². The third-order valence-electron chi connectivity index (χ3n) is 3.00. The number of hydrogen-bond acceptors (Lipinski definition) is 2. The lowest BCUT2D eigenvalue weighted by Gasteiger charge is -2.02. The average Bonchev–Trinajstić information content (AvgIpc) is 2.74. The van der Waals surface area contributed by atoms with Gasteiger partial charge in [-0.1, -0.05) is 35.4 Å². The van der Waals surface area contributed by atoms with Crippen molar-refractivity contribution in [3.8, 4) is 11.3 Å². The molecule has 3 aromatic rings. The third kappa shape index (κ3) is 1.77. The van der Waals surface area contributed by atoms with E-state index in [0.29, 0.717) is 5.15 Å². The fourth-order valence-corrected chi connectivity index (χ4v) is 2.32. The Kier molecular flexibility index (Phi) is 2.56. The molecule has 0 amide bonds. The van der Waals surface area contributed by atoms with Crippen molar-refractivity contribution >= 4 is 17.1 Å². The van der Waals surface area contributed by atoms with Gasteiger partial charge in [0.1, 0.15) is 5.52 Å². The van der Waals surface area contributed by atoms with Gasteiger partial charge in [-0.2, -0.15) is 5.10 Å². The standard InChI is InChI=1S/C14H12ClN3/c1-9-3-4-11(10(2)7-9)12-8-13-14(15)16-5-6-18(13)17-12/h3-8H,1-2H3. The van der Waals surface area contributed by atoms with Gasteiger partial charge in [0.2, 0.25) is 0 Å². The quantitative estimate of drug-likeness (QED) is 0.666. The summed E-state index contributed by atoms with van der Waals surface area (Å²) in [6.45, 7) is 4.17. The molecule has 90 valence electrons. The van der Waals surface area contributed by atoms with Crippen LogP contribution in [0.2, 0.25) is 5.15 Å². The SMILES string of the molecule is Cc1ccc(-c2cc3c(Cl)nccn3n2)c(C)c1. The smallest absolute Gasteiger partial charge is 0.154 e. The predicted molar refractivity (Wildman–Crippen MR) is 72.9 cm³/mol. The zero-order valence-electron chi connectivity index (χ0n) is 10.2. The van der Waals surface area contributed by atoms with Gasteiger partial charge in [0.05, 0.1) is 5.69 Å². The van der Waals surface area contributed by atoms with Crippen molar-refractivity contribution in [1.82, 2.24) is 14.6 Å². The molecule has 2 heterocycles. The predicted octanol–water partition coefficient (Wildman–Crippen LogP) is 3.67. The normalized spacial score (nSPS) is 11.1. The van der Waals surface area contributed by atoms with Crippen molar-refractivity contribution in [2.45, 2.75) is 13.8 Å². The highest BCUT2D eigenvalue weighted by atomic mass is 35.5. The van der Waals surface area contributed by atoms with Gasteiger partial charge in [-0.05, 0) is 25.5 Å². The first-order valence-electron chi connectivity index (χ1n) is 5.72. The maximum absolute atomic E-state index is 6.05. The number of rotatable bonds is 1. The molecule has 0 spiro atoms. The molecule has 2 aromatic heterocycles. The van der Waals surface area contributed by atoms with E-state index in [2.05, 4.69) is 42.1 Å². The van der Waals surface area contributed by atoms with Crippen LogP contribution in [0.3, 0.4) is 0 Å². The molecule has 0 aliphatic heterocycles. The zero-order chi connectivity index (χ0) is 12.7. The number of halogens is 1. The summed E-state index contributed by atoms with van der Waals surface area (Å²) in [4.78, 5) is 4.06. The fraction of sp³-hybridized carbons (Fsp3) is 0.143. The maximum atomic E-state index is 6.05. The summed E-state index contributed by atoms with van der Waals surface area (Å²) in [5.41, 5.74) is 5.33. The van der Waals surface area contributed by atoms with E-state index < -0.39 is 0 Å². The van der Waals surface area contributed by atoms with E-state index in [-0.39, 0.29) is 0 Å². The second-order valence-corrected chi connectivity index (χ2v) is 4.75. The summed E-state index contributed by atoms with van der Waals surface area (Å²) >= 11 is 6.05. The highest BCUT2D eigenvalue weighted by Crippen LogP contribution is 2.26. The molecule has 1 aromatic carbocycles. The Labute approximate surface area is 110 Å². The highest BCUT2D eigenvalue weighted by Gasteiger charge is 2.09. The van der Waals surface area contributed by atoms with Crippen LogP contribution < -0.4 is 0 Å². The average molecular weight is 258 g/mol. The van der Waals surface area contributed by atoms with Gasteiger partial charge in [0.15, 0.2) is 5.15 Å². The number of nitrogens with zero attached hydrogens (tertiary/aromatic N) is 3. The van der Waals surface area contributed by atoms with E-state index >= 15 is 0 Å². The van der Waals surface area contributed by atoms with E-state index in [1.54, 1.807) is 16.9 Å². The first kappa shape index (κ1) is 11.2. The second kappa shape index (κ2) is 4.10. The first-order chi connectivity index (χ1) is 8.65. The lowest BCUT2D eigenvalue weighted by molar-refractivity contribution is 0.949. The minimum atomic E-state index is 0.473. The molecule has 0 saturated carbocycles. The molecule has 0 saturated heterocycles. The number of fused-ring (bicyclic) bond motifs is 1. The molecule has 18 heavy (non-hydrogen) atoms. The van der Waals surface area contributed by atoms with Gasteiger partial charge >= 0.3 is 0 Å². The largest absolute Gasteiger partial charge is 0.241 e. The lowest BCUT2D eigenvalue weighted by Crippen LogP contribution is -1.89. The Morgan fingerprint density at radius 3 is 2.72 bits per heavy atom. The molecule has 3 nitrogen and oxygen atoms in total. The van der Waals surface area contributed by atoms with E-state index in [0.717, 1.165) is 16.8 Å². The zero-order valence-corrected chi connectivity index (χ0v) is 10.9. The highest BCUT2D eigenvalue weighted by molar-refractivity contribution is 6.32. The van der Waals surface area contributed by atoms with Crippen molar-refractivity contribution in [1.29, 1.82) is 0 Å². The summed E-state index contributed by atoms with van der Waals surface area (Å²) in [6.07, 6.45) is 3.45. The Morgan fingerprint density at radius 2 is 2.00 bits per heavy atom. The molecule has 0 atom stereocenters. The van der Waals surface area contributed by atoms with E-state index in [1.165, 1.54) is 11.1 Å². The minimum absolute atomic E-state index is 0.473. The minimum Gasteiger partial charge on any atom is -0.241 e. The second-order valence-electron chi connectivity index (χ2n) is 4.40. The third-order valence-corrected chi connectivity index (χ3v) is 3.29. The Morgan fingerprint density at radius 1 is 1.17 bits per heavy atom. The van der Waals surface area contributed by atoms with Crippen LogP contribution in [0.5, 0.6) is 0 Å². The first-order valence-corrected chi connectivity index (χ1v) is 6.10. The molecule has 3 rings (SSSR count). The van der Waals surface area contributed by atoms with Gasteiger partial charge in [0, 0.05) is 18.0 Å². The molecule has 0 aliphatic rings. The summed E-state index contributed by atoms with van der Waals surface area (Å²) in [6, 6.07) is 8.30. The van der Waals surface area contributed by atoms with Gasteiger partial charge < -0.3 is 0 Å². The number of aromatic nitrogens is 3. The maximum Gasteiger partial charge on any atom is 0.154 e. The van der Waals surface area contributed by atoms with Crippen molar-refractivity contribution in [2.75, 3.05) is 0 Å². The monoisotopic (exact) mass is 257 g/mol. The van der Waals surface area contributed by atoms with E-state index in [4.69, 9.17) is 11.6 Å². The summed E-state index contributed by atoms with van der Waals surface area (Å²) < 4.78 is 1.75. The van der Waals surface area contributed by atoms with Crippen LogP contribution in [0.4, 0.5) is 0 Å². The van der Waals surface area contributed by atoms with Crippen molar-refractivity contribution in [3.05, 3.63) is 52.9 Å². The van der Waals surface area contributed by atoms with Crippen LogP contribution in [0.25, 0.3) is 16.8 Å². The Balaban J connectivity index is 2.23. The molecule has 0 unspecified atom stereocenters. The topological polar surface area (TPSA) is 30.2 Å². The molecule has 4 heteroatoms.